The van der Waals surface area contributed by atoms with E-state index < -0.39 is 17.7 Å². The van der Waals surface area contributed by atoms with Gasteiger partial charge in [0.25, 0.3) is 0 Å². The molecule has 0 spiro atoms. The molecule has 0 radical (unpaired) electrons. The van der Waals surface area contributed by atoms with Gasteiger partial charge in [0.1, 0.15) is 17.7 Å². The van der Waals surface area contributed by atoms with Crippen molar-refractivity contribution in [3.05, 3.63) is 70.8 Å². The molecular formula is C17H18F2O. The largest absolute Gasteiger partial charge is 0.383 e. The van der Waals surface area contributed by atoms with Crippen LogP contribution in [0.15, 0.2) is 42.5 Å². The predicted octanol–water partition coefficient (Wildman–Crippen LogP) is 4.39. The van der Waals surface area contributed by atoms with Gasteiger partial charge in [-0.05, 0) is 36.1 Å². The first-order valence-electron chi connectivity index (χ1n) is 6.84. The van der Waals surface area contributed by atoms with Crippen molar-refractivity contribution in [1.29, 1.82) is 0 Å². The molecule has 1 unspecified atom stereocenters. The number of aryl methyl sites for hydroxylation is 1. The Bertz CT molecular complexity index is 543. The second-order valence-corrected chi connectivity index (χ2v) is 4.88. The topological polar surface area (TPSA) is 20.2 Å². The van der Waals surface area contributed by atoms with E-state index in [0.29, 0.717) is 5.56 Å². The zero-order valence-electron chi connectivity index (χ0n) is 11.4. The van der Waals surface area contributed by atoms with E-state index in [-0.39, 0.29) is 5.56 Å². The Morgan fingerprint density at radius 1 is 1.00 bits per heavy atom. The Morgan fingerprint density at radius 2 is 1.60 bits per heavy atom. The number of hydrogen-bond acceptors (Lipinski definition) is 1. The van der Waals surface area contributed by atoms with Crippen molar-refractivity contribution < 1.29 is 13.9 Å². The minimum Gasteiger partial charge on any atom is -0.383 e. The Labute approximate surface area is 117 Å². The molecular weight excluding hydrogens is 258 g/mol. The average Bonchev–Trinajstić information content (AvgIpc) is 2.45. The summed E-state index contributed by atoms with van der Waals surface area (Å²) in [6, 6.07) is 10.8. The summed E-state index contributed by atoms with van der Waals surface area (Å²) in [5, 5.41) is 10.1. The van der Waals surface area contributed by atoms with Crippen molar-refractivity contribution >= 4 is 0 Å². The SMILES string of the molecule is CCCCc1ccc(C(O)c2c(F)cccc2F)cc1. The highest BCUT2D eigenvalue weighted by atomic mass is 19.1. The predicted molar refractivity (Wildman–Crippen MR) is 75.5 cm³/mol. The number of benzene rings is 2. The third-order valence-corrected chi connectivity index (χ3v) is 3.39. The fraction of sp³-hybridized carbons (Fsp3) is 0.294. The number of unbranched alkanes of at least 4 members (excludes halogenated alkanes) is 1. The lowest BCUT2D eigenvalue weighted by molar-refractivity contribution is 0.209. The molecule has 2 rings (SSSR count). The summed E-state index contributed by atoms with van der Waals surface area (Å²) in [7, 11) is 0. The van der Waals surface area contributed by atoms with Crippen molar-refractivity contribution in [2.45, 2.75) is 32.3 Å². The minimum absolute atomic E-state index is 0.297. The molecule has 2 aromatic carbocycles. The van der Waals surface area contributed by atoms with Crippen LogP contribution in [-0.2, 0) is 6.42 Å². The van der Waals surface area contributed by atoms with Gasteiger partial charge in [-0.25, -0.2) is 8.78 Å². The standard InChI is InChI=1S/C17H18F2O/c1-2-3-5-12-8-10-13(11-9-12)17(20)16-14(18)6-4-7-15(16)19/h4,6-11,17,20H,2-3,5H2,1H3. The van der Waals surface area contributed by atoms with E-state index in [9.17, 15) is 13.9 Å². The third kappa shape index (κ3) is 3.23. The average molecular weight is 276 g/mol. The van der Waals surface area contributed by atoms with Gasteiger partial charge in [0.15, 0.2) is 0 Å². The van der Waals surface area contributed by atoms with E-state index in [1.807, 2.05) is 12.1 Å². The van der Waals surface area contributed by atoms with Gasteiger partial charge in [-0.15, -0.1) is 0 Å². The van der Waals surface area contributed by atoms with Gasteiger partial charge >= 0.3 is 0 Å². The molecule has 1 atom stereocenters. The number of hydrogen-bond donors (Lipinski definition) is 1. The molecule has 0 bridgehead atoms. The fourth-order valence-electron chi connectivity index (χ4n) is 2.19. The summed E-state index contributed by atoms with van der Waals surface area (Å²) in [6.07, 6.45) is 1.91. The Kier molecular flexibility index (Phi) is 4.85. The second-order valence-electron chi connectivity index (χ2n) is 4.88. The van der Waals surface area contributed by atoms with E-state index in [0.717, 1.165) is 37.0 Å². The summed E-state index contributed by atoms with van der Waals surface area (Å²) < 4.78 is 27.3. The summed E-state index contributed by atoms with van der Waals surface area (Å²) in [4.78, 5) is 0. The zero-order chi connectivity index (χ0) is 14.5. The molecule has 0 aromatic heterocycles. The molecule has 106 valence electrons. The smallest absolute Gasteiger partial charge is 0.132 e. The van der Waals surface area contributed by atoms with E-state index in [1.165, 1.54) is 6.07 Å². The van der Waals surface area contributed by atoms with Crippen LogP contribution >= 0.6 is 0 Å². The maximum atomic E-state index is 13.6. The van der Waals surface area contributed by atoms with Gasteiger partial charge in [-0.3, -0.25) is 0 Å². The van der Waals surface area contributed by atoms with Gasteiger partial charge in [0.05, 0.1) is 5.56 Å². The molecule has 0 saturated heterocycles. The first-order chi connectivity index (χ1) is 9.63. The van der Waals surface area contributed by atoms with Crippen LogP contribution in [-0.4, -0.2) is 5.11 Å². The molecule has 2 aromatic rings. The number of halogens is 2. The van der Waals surface area contributed by atoms with E-state index in [1.54, 1.807) is 12.1 Å². The normalized spacial score (nSPS) is 12.4. The highest BCUT2D eigenvalue weighted by Gasteiger charge is 2.19. The van der Waals surface area contributed by atoms with Crippen LogP contribution in [0.2, 0.25) is 0 Å². The van der Waals surface area contributed by atoms with E-state index >= 15 is 0 Å². The molecule has 3 heteroatoms. The van der Waals surface area contributed by atoms with Crippen molar-refractivity contribution in [2.24, 2.45) is 0 Å². The minimum atomic E-state index is -1.28. The Hall–Kier alpha value is -1.74. The number of aliphatic hydroxyl groups excluding tert-OH is 1. The van der Waals surface area contributed by atoms with Crippen LogP contribution < -0.4 is 0 Å². The molecule has 0 saturated carbocycles. The van der Waals surface area contributed by atoms with Crippen molar-refractivity contribution in [2.75, 3.05) is 0 Å². The lowest BCUT2D eigenvalue weighted by Gasteiger charge is -2.14. The Balaban J connectivity index is 2.23. The molecule has 1 N–H and O–H groups in total. The first kappa shape index (κ1) is 14.7. The quantitative estimate of drug-likeness (QED) is 0.858. The van der Waals surface area contributed by atoms with Crippen molar-refractivity contribution in [1.82, 2.24) is 0 Å². The lowest BCUT2D eigenvalue weighted by Crippen LogP contribution is -2.05. The highest BCUT2D eigenvalue weighted by Crippen LogP contribution is 2.27. The maximum absolute atomic E-state index is 13.6. The summed E-state index contributed by atoms with van der Waals surface area (Å²) >= 11 is 0. The molecule has 0 heterocycles. The van der Waals surface area contributed by atoms with Crippen LogP contribution in [0, 0.1) is 11.6 Å². The number of aliphatic hydroxyl groups is 1. The molecule has 0 fully saturated rings. The van der Waals surface area contributed by atoms with Crippen LogP contribution in [0.25, 0.3) is 0 Å². The van der Waals surface area contributed by atoms with Gasteiger partial charge in [0.2, 0.25) is 0 Å². The van der Waals surface area contributed by atoms with Crippen molar-refractivity contribution in [3.8, 4) is 0 Å². The molecule has 0 amide bonds. The lowest BCUT2D eigenvalue weighted by atomic mass is 9.98. The van der Waals surface area contributed by atoms with Crippen LogP contribution in [0.3, 0.4) is 0 Å². The van der Waals surface area contributed by atoms with Gasteiger partial charge < -0.3 is 5.11 Å². The summed E-state index contributed by atoms with van der Waals surface area (Å²) in [5.41, 5.74) is 1.36. The monoisotopic (exact) mass is 276 g/mol. The second kappa shape index (κ2) is 6.62. The summed E-state index contributed by atoms with van der Waals surface area (Å²) in [6.45, 7) is 2.12. The zero-order valence-corrected chi connectivity index (χ0v) is 11.4. The molecule has 1 nitrogen and oxygen atoms in total. The van der Waals surface area contributed by atoms with Crippen LogP contribution in [0.5, 0.6) is 0 Å². The Morgan fingerprint density at radius 3 is 2.15 bits per heavy atom. The van der Waals surface area contributed by atoms with Gasteiger partial charge in [-0.2, -0.15) is 0 Å². The fourth-order valence-corrected chi connectivity index (χ4v) is 2.19. The van der Waals surface area contributed by atoms with Gasteiger partial charge in [-0.1, -0.05) is 43.7 Å². The molecule has 0 aliphatic heterocycles. The summed E-state index contributed by atoms with van der Waals surface area (Å²) in [5.74, 6) is -1.46. The van der Waals surface area contributed by atoms with Crippen LogP contribution in [0.4, 0.5) is 8.78 Å². The van der Waals surface area contributed by atoms with Gasteiger partial charge in [0, 0.05) is 0 Å². The first-order valence-corrected chi connectivity index (χ1v) is 6.84. The third-order valence-electron chi connectivity index (χ3n) is 3.39. The van der Waals surface area contributed by atoms with Crippen molar-refractivity contribution in [3.63, 3.8) is 0 Å². The molecule has 20 heavy (non-hydrogen) atoms. The molecule has 0 aliphatic rings. The molecule has 0 aliphatic carbocycles. The van der Waals surface area contributed by atoms with Crippen LogP contribution in [0.1, 0.15) is 42.6 Å². The highest BCUT2D eigenvalue weighted by molar-refractivity contribution is 5.33. The number of rotatable bonds is 5. The van der Waals surface area contributed by atoms with E-state index in [2.05, 4.69) is 6.92 Å². The van der Waals surface area contributed by atoms with E-state index in [4.69, 9.17) is 0 Å². The maximum Gasteiger partial charge on any atom is 0.132 e.